The van der Waals surface area contributed by atoms with Gasteiger partial charge in [-0.1, -0.05) is 13.8 Å². The standard InChI is InChI=1S/C9H20N2/c1-8(2)11-7-9-4-3-5-10-6-9/h8-11H,3-7H2,1-2H3/t9-/m0/s1. The van der Waals surface area contributed by atoms with Crippen LogP contribution in [-0.4, -0.2) is 25.7 Å². The summed E-state index contributed by atoms with van der Waals surface area (Å²) in [5, 5.41) is 6.89. The highest BCUT2D eigenvalue weighted by molar-refractivity contribution is 4.71. The first-order valence-electron chi connectivity index (χ1n) is 4.73. The number of piperidine rings is 1. The lowest BCUT2D eigenvalue weighted by atomic mass is 9.99. The molecule has 1 aliphatic heterocycles. The maximum absolute atomic E-state index is 3.48. The summed E-state index contributed by atoms with van der Waals surface area (Å²) in [7, 11) is 0. The minimum absolute atomic E-state index is 0.636. The number of nitrogens with one attached hydrogen (secondary N) is 2. The fraction of sp³-hybridized carbons (Fsp3) is 1.00. The SMILES string of the molecule is CC(C)NC[C@H]1CCCNC1. The van der Waals surface area contributed by atoms with E-state index in [0.29, 0.717) is 6.04 Å². The van der Waals surface area contributed by atoms with Crippen LogP contribution in [0.3, 0.4) is 0 Å². The van der Waals surface area contributed by atoms with Crippen LogP contribution in [0.25, 0.3) is 0 Å². The Morgan fingerprint density at radius 1 is 1.55 bits per heavy atom. The Morgan fingerprint density at radius 2 is 2.36 bits per heavy atom. The van der Waals surface area contributed by atoms with Gasteiger partial charge >= 0.3 is 0 Å². The van der Waals surface area contributed by atoms with E-state index in [0.717, 1.165) is 5.92 Å². The lowest BCUT2D eigenvalue weighted by molar-refractivity contribution is 0.351. The number of rotatable bonds is 3. The van der Waals surface area contributed by atoms with Crippen molar-refractivity contribution >= 4 is 0 Å². The zero-order valence-electron chi connectivity index (χ0n) is 7.69. The van der Waals surface area contributed by atoms with Crippen LogP contribution in [0, 0.1) is 5.92 Å². The highest BCUT2D eigenvalue weighted by Crippen LogP contribution is 2.08. The van der Waals surface area contributed by atoms with Crippen molar-refractivity contribution in [1.29, 1.82) is 0 Å². The molecular weight excluding hydrogens is 136 g/mol. The smallest absolute Gasteiger partial charge is 0.00105 e. The molecule has 66 valence electrons. The molecule has 0 spiro atoms. The molecule has 0 saturated carbocycles. The first-order valence-corrected chi connectivity index (χ1v) is 4.73. The summed E-state index contributed by atoms with van der Waals surface area (Å²) in [4.78, 5) is 0. The van der Waals surface area contributed by atoms with Crippen molar-refractivity contribution in [1.82, 2.24) is 10.6 Å². The van der Waals surface area contributed by atoms with Crippen molar-refractivity contribution in [3.8, 4) is 0 Å². The lowest BCUT2D eigenvalue weighted by Crippen LogP contribution is -2.38. The van der Waals surface area contributed by atoms with Gasteiger partial charge in [0.15, 0.2) is 0 Å². The van der Waals surface area contributed by atoms with Gasteiger partial charge in [-0.3, -0.25) is 0 Å². The van der Waals surface area contributed by atoms with E-state index in [-0.39, 0.29) is 0 Å². The van der Waals surface area contributed by atoms with E-state index in [2.05, 4.69) is 24.5 Å². The van der Waals surface area contributed by atoms with E-state index in [1.54, 1.807) is 0 Å². The van der Waals surface area contributed by atoms with Gasteiger partial charge in [-0.15, -0.1) is 0 Å². The second kappa shape index (κ2) is 4.73. The third kappa shape index (κ3) is 3.73. The highest BCUT2D eigenvalue weighted by Gasteiger charge is 2.11. The molecule has 0 aromatic heterocycles. The quantitative estimate of drug-likeness (QED) is 0.636. The Morgan fingerprint density at radius 3 is 2.91 bits per heavy atom. The largest absolute Gasteiger partial charge is 0.316 e. The van der Waals surface area contributed by atoms with E-state index >= 15 is 0 Å². The second-order valence-electron chi connectivity index (χ2n) is 3.78. The summed E-state index contributed by atoms with van der Waals surface area (Å²) in [6, 6.07) is 0.636. The Bertz CT molecular complexity index is 95.7. The van der Waals surface area contributed by atoms with Crippen molar-refractivity contribution in [3.63, 3.8) is 0 Å². The summed E-state index contributed by atoms with van der Waals surface area (Å²) in [5.74, 6) is 0.867. The molecule has 2 N–H and O–H groups in total. The van der Waals surface area contributed by atoms with Crippen LogP contribution < -0.4 is 10.6 Å². The molecule has 0 amide bonds. The molecule has 0 unspecified atom stereocenters. The third-order valence-corrected chi connectivity index (χ3v) is 2.21. The molecule has 1 fully saturated rings. The molecule has 1 atom stereocenters. The molecule has 11 heavy (non-hydrogen) atoms. The molecule has 0 radical (unpaired) electrons. The van der Waals surface area contributed by atoms with Gasteiger partial charge in [-0.25, -0.2) is 0 Å². The predicted octanol–water partition coefficient (Wildman–Crippen LogP) is 0.984. The van der Waals surface area contributed by atoms with Crippen LogP contribution in [0.2, 0.25) is 0 Å². The molecule has 1 rings (SSSR count). The number of hydrogen-bond acceptors (Lipinski definition) is 2. The maximum Gasteiger partial charge on any atom is 0.00105 e. The fourth-order valence-corrected chi connectivity index (χ4v) is 1.50. The summed E-state index contributed by atoms with van der Waals surface area (Å²) in [6.07, 6.45) is 2.75. The van der Waals surface area contributed by atoms with Crippen molar-refractivity contribution in [2.24, 2.45) is 5.92 Å². The zero-order valence-corrected chi connectivity index (χ0v) is 7.69. The molecule has 2 nitrogen and oxygen atoms in total. The minimum atomic E-state index is 0.636. The topological polar surface area (TPSA) is 24.1 Å². The van der Waals surface area contributed by atoms with Gasteiger partial charge in [0, 0.05) is 6.04 Å². The number of hydrogen-bond donors (Lipinski definition) is 2. The Balaban J connectivity index is 2.05. The predicted molar refractivity (Wildman–Crippen MR) is 48.7 cm³/mol. The summed E-state index contributed by atoms with van der Waals surface area (Å²) in [5.41, 5.74) is 0. The molecule has 0 bridgehead atoms. The van der Waals surface area contributed by atoms with Gasteiger partial charge in [0.05, 0.1) is 0 Å². The van der Waals surface area contributed by atoms with E-state index in [1.807, 2.05) is 0 Å². The lowest BCUT2D eigenvalue weighted by Gasteiger charge is -2.23. The summed E-state index contributed by atoms with van der Waals surface area (Å²) in [6.45, 7) is 8.02. The van der Waals surface area contributed by atoms with Gasteiger partial charge in [0.25, 0.3) is 0 Å². The van der Waals surface area contributed by atoms with E-state index in [4.69, 9.17) is 0 Å². The molecule has 0 aromatic rings. The Hall–Kier alpha value is -0.0800. The van der Waals surface area contributed by atoms with E-state index in [1.165, 1.54) is 32.5 Å². The van der Waals surface area contributed by atoms with Crippen molar-refractivity contribution in [2.75, 3.05) is 19.6 Å². The van der Waals surface area contributed by atoms with E-state index < -0.39 is 0 Å². The average Bonchev–Trinajstić information content (AvgIpc) is 2.03. The normalized spacial score (nSPS) is 25.9. The first kappa shape index (κ1) is 9.01. The van der Waals surface area contributed by atoms with Gasteiger partial charge in [0.1, 0.15) is 0 Å². The van der Waals surface area contributed by atoms with Gasteiger partial charge in [0.2, 0.25) is 0 Å². The molecule has 0 aliphatic carbocycles. The first-order chi connectivity index (χ1) is 5.29. The van der Waals surface area contributed by atoms with Crippen molar-refractivity contribution in [2.45, 2.75) is 32.7 Å². The summed E-state index contributed by atoms with van der Waals surface area (Å²) < 4.78 is 0. The van der Waals surface area contributed by atoms with Crippen molar-refractivity contribution in [3.05, 3.63) is 0 Å². The minimum Gasteiger partial charge on any atom is -0.316 e. The second-order valence-corrected chi connectivity index (χ2v) is 3.78. The fourth-order valence-electron chi connectivity index (χ4n) is 1.50. The van der Waals surface area contributed by atoms with Crippen LogP contribution in [-0.2, 0) is 0 Å². The molecule has 2 heteroatoms. The third-order valence-electron chi connectivity index (χ3n) is 2.21. The van der Waals surface area contributed by atoms with Crippen LogP contribution in [0.5, 0.6) is 0 Å². The maximum atomic E-state index is 3.48. The molecule has 0 aromatic carbocycles. The molecular formula is C9H20N2. The Kier molecular flexibility index (Phi) is 3.87. The molecule has 1 heterocycles. The summed E-state index contributed by atoms with van der Waals surface area (Å²) >= 11 is 0. The van der Waals surface area contributed by atoms with Gasteiger partial charge in [-0.05, 0) is 38.4 Å². The van der Waals surface area contributed by atoms with Crippen LogP contribution in [0.1, 0.15) is 26.7 Å². The van der Waals surface area contributed by atoms with Crippen LogP contribution in [0.15, 0.2) is 0 Å². The van der Waals surface area contributed by atoms with Crippen LogP contribution in [0.4, 0.5) is 0 Å². The Labute approximate surface area is 69.8 Å². The highest BCUT2D eigenvalue weighted by atomic mass is 14.9. The molecule has 1 saturated heterocycles. The zero-order chi connectivity index (χ0) is 8.10. The van der Waals surface area contributed by atoms with Gasteiger partial charge < -0.3 is 10.6 Å². The average molecular weight is 156 g/mol. The molecule has 1 aliphatic rings. The van der Waals surface area contributed by atoms with Gasteiger partial charge in [-0.2, -0.15) is 0 Å². The van der Waals surface area contributed by atoms with E-state index in [9.17, 15) is 0 Å². The monoisotopic (exact) mass is 156 g/mol. The van der Waals surface area contributed by atoms with Crippen LogP contribution >= 0.6 is 0 Å². The van der Waals surface area contributed by atoms with Crippen molar-refractivity contribution < 1.29 is 0 Å².